The van der Waals surface area contributed by atoms with Crippen LogP contribution in [0.25, 0.3) is 0 Å². The summed E-state index contributed by atoms with van der Waals surface area (Å²) in [7, 11) is 3.09. The van der Waals surface area contributed by atoms with Gasteiger partial charge in [-0.2, -0.15) is 15.8 Å². The molecule has 0 spiro atoms. The molecule has 0 aliphatic rings. The number of benzene rings is 6. The van der Waals surface area contributed by atoms with Crippen molar-refractivity contribution in [3.05, 3.63) is 164 Å². The molecule has 8 nitrogen and oxygen atoms in total. The van der Waals surface area contributed by atoms with Gasteiger partial charge in [-0.15, -0.1) is 0 Å². The van der Waals surface area contributed by atoms with E-state index < -0.39 is 0 Å². The van der Waals surface area contributed by atoms with Crippen LogP contribution in [0.4, 0.5) is 4.39 Å². The second-order valence-electron chi connectivity index (χ2n) is 12.2. The molecule has 0 aromatic heterocycles. The summed E-state index contributed by atoms with van der Waals surface area (Å²) in [6, 6.07) is 37.9. The van der Waals surface area contributed by atoms with Crippen LogP contribution in [0.15, 0.2) is 115 Å². The smallest absolute Gasteiger partial charge is 0.203 e. The van der Waals surface area contributed by atoms with E-state index in [1.807, 2.05) is 31.2 Å². The van der Waals surface area contributed by atoms with Gasteiger partial charge >= 0.3 is 0 Å². The minimum Gasteiger partial charge on any atom is -0.493 e. The van der Waals surface area contributed by atoms with Crippen LogP contribution in [-0.2, 0) is 0 Å². The first-order valence-corrected chi connectivity index (χ1v) is 18.2. The third kappa shape index (κ3) is 12.3. The Labute approximate surface area is 346 Å². The lowest BCUT2D eigenvalue weighted by Gasteiger charge is -2.13. The number of hydrogen-bond acceptors (Lipinski definition) is 8. The Morgan fingerprint density at radius 2 is 0.982 bits per heavy atom. The van der Waals surface area contributed by atoms with Crippen molar-refractivity contribution in [2.75, 3.05) is 14.2 Å². The molecule has 0 amide bonds. The van der Waals surface area contributed by atoms with E-state index in [2.05, 4.69) is 26.0 Å². The van der Waals surface area contributed by atoms with Gasteiger partial charge in [0.2, 0.25) is 5.75 Å². The zero-order valence-electron chi connectivity index (χ0n) is 31.4. The van der Waals surface area contributed by atoms with E-state index in [0.29, 0.717) is 77.9 Å². The van der Waals surface area contributed by atoms with Crippen molar-refractivity contribution in [2.24, 2.45) is 0 Å². The van der Waals surface area contributed by atoms with Crippen LogP contribution in [0.1, 0.15) is 47.6 Å². The van der Waals surface area contributed by atoms with Gasteiger partial charge in [0.15, 0.2) is 11.5 Å². The molecular formula is C45H35Cl3FN3O5. The van der Waals surface area contributed by atoms with Gasteiger partial charge in [0, 0.05) is 18.2 Å². The highest BCUT2D eigenvalue weighted by Gasteiger charge is 2.13. The Morgan fingerprint density at radius 3 is 1.42 bits per heavy atom. The van der Waals surface area contributed by atoms with Crippen molar-refractivity contribution in [1.82, 2.24) is 0 Å². The monoisotopic (exact) mass is 821 g/mol. The molecule has 0 N–H and O–H groups in total. The maximum absolute atomic E-state index is 12.7. The predicted octanol–water partition coefficient (Wildman–Crippen LogP) is 13.6. The number of ether oxygens (including phenoxy) is 5. The minimum absolute atomic E-state index is 0.324. The maximum Gasteiger partial charge on any atom is 0.203 e. The largest absolute Gasteiger partial charge is 0.493 e. The number of nitrogens with zero attached hydrogens (tertiary/aromatic N) is 3. The summed E-state index contributed by atoms with van der Waals surface area (Å²) in [5, 5.41) is 27.5. The molecule has 12 heteroatoms. The highest BCUT2D eigenvalue weighted by atomic mass is 35.5. The fourth-order valence-corrected chi connectivity index (χ4v) is 5.50. The number of aryl methyl sites for hydroxylation is 1. The predicted molar refractivity (Wildman–Crippen MR) is 220 cm³/mol. The number of hydrogen-bond donors (Lipinski definition) is 0. The van der Waals surface area contributed by atoms with E-state index in [0.717, 1.165) is 11.3 Å². The summed E-state index contributed by atoms with van der Waals surface area (Å²) in [6.07, 6.45) is 0. The fourth-order valence-electron chi connectivity index (χ4n) is 4.87. The topological polar surface area (TPSA) is 118 Å². The van der Waals surface area contributed by atoms with Gasteiger partial charge < -0.3 is 23.7 Å². The summed E-state index contributed by atoms with van der Waals surface area (Å²) in [6.45, 7) is 6.30. The highest BCUT2D eigenvalue weighted by molar-refractivity contribution is 6.32. The molecule has 6 aromatic rings. The van der Waals surface area contributed by atoms with Crippen LogP contribution in [-0.4, -0.2) is 14.2 Å². The normalized spacial score (nSPS) is 9.95. The van der Waals surface area contributed by atoms with Crippen molar-refractivity contribution < 1.29 is 28.1 Å². The molecule has 0 fully saturated rings. The number of nitriles is 3. The number of para-hydroxylation sites is 1. The molecule has 0 aliphatic heterocycles. The van der Waals surface area contributed by atoms with Crippen molar-refractivity contribution in [1.29, 1.82) is 15.8 Å². The summed E-state index contributed by atoms with van der Waals surface area (Å²) in [5.41, 5.74) is 3.53. The molecule has 6 aromatic carbocycles. The van der Waals surface area contributed by atoms with Crippen molar-refractivity contribution >= 4 is 34.8 Å². The Hall–Kier alpha value is -6.41. The third-order valence-electron chi connectivity index (χ3n) is 7.93. The Morgan fingerprint density at radius 1 is 0.526 bits per heavy atom. The van der Waals surface area contributed by atoms with Crippen molar-refractivity contribution in [2.45, 2.75) is 26.7 Å². The Kier molecular flexibility index (Phi) is 16.0. The quantitative estimate of drug-likeness (QED) is 0.141. The van der Waals surface area contributed by atoms with Gasteiger partial charge in [-0.25, -0.2) is 4.39 Å². The van der Waals surface area contributed by atoms with Gasteiger partial charge in [-0.05, 0) is 103 Å². The standard InChI is InChI=1S/C17H16ClNO.C15H12ClNO3.C13H7ClFNO/c1-11(2)13-5-4-12(3)17(8-13)20-15-7-6-14(10-19)16(18)9-15;1-18-13-4-3-5-14(15(13)19-2)20-11-7-6-10(9-17)12(16)8-11;14-13-7-12(4-1-9(13)8-16)17-11-5-2-10(15)3-6-11/h4-9,11H,1-3H3;3-8H,1-2H3;1-7H. The lowest BCUT2D eigenvalue weighted by molar-refractivity contribution is 0.336. The molecule has 0 bridgehead atoms. The summed E-state index contributed by atoms with van der Waals surface area (Å²) in [4.78, 5) is 0. The molecule has 0 unspecified atom stereocenters. The van der Waals surface area contributed by atoms with E-state index in [1.165, 1.54) is 36.9 Å². The first-order chi connectivity index (χ1) is 27.4. The molecule has 0 aliphatic carbocycles. The maximum atomic E-state index is 12.7. The summed E-state index contributed by atoms with van der Waals surface area (Å²) in [5.74, 6) is 4.67. The fraction of sp³-hybridized carbons (Fsp3) is 0.133. The van der Waals surface area contributed by atoms with Gasteiger partial charge in [0.1, 0.15) is 52.8 Å². The van der Waals surface area contributed by atoms with Gasteiger partial charge in [0.05, 0.1) is 46.0 Å². The molecule has 0 radical (unpaired) electrons. The first-order valence-electron chi connectivity index (χ1n) is 17.1. The van der Waals surface area contributed by atoms with Gasteiger partial charge in [-0.1, -0.05) is 66.8 Å². The van der Waals surface area contributed by atoms with Crippen LogP contribution in [0.5, 0.6) is 46.0 Å². The molecule has 0 heterocycles. The van der Waals surface area contributed by atoms with Crippen molar-refractivity contribution in [3.63, 3.8) is 0 Å². The number of halogens is 4. The summed E-state index contributed by atoms with van der Waals surface area (Å²) >= 11 is 17.8. The number of rotatable bonds is 9. The molecule has 0 saturated carbocycles. The van der Waals surface area contributed by atoms with E-state index in [-0.39, 0.29) is 5.82 Å². The zero-order chi connectivity index (χ0) is 41.5. The lowest BCUT2D eigenvalue weighted by atomic mass is 10.0. The van der Waals surface area contributed by atoms with Crippen LogP contribution in [0.3, 0.4) is 0 Å². The molecule has 0 saturated heterocycles. The second-order valence-corrected chi connectivity index (χ2v) is 13.4. The SMILES string of the molecule is COc1cccc(Oc2ccc(C#N)c(Cl)c2)c1OC.Cc1ccc(C(C)C)cc1Oc1ccc(C#N)c(Cl)c1.N#Cc1ccc(Oc2ccc(F)cc2)cc1Cl. The van der Waals surface area contributed by atoms with E-state index in [1.54, 1.807) is 79.9 Å². The van der Waals surface area contributed by atoms with E-state index in [4.69, 9.17) is 74.3 Å². The third-order valence-corrected chi connectivity index (χ3v) is 8.87. The molecule has 288 valence electrons. The van der Waals surface area contributed by atoms with E-state index >= 15 is 0 Å². The van der Waals surface area contributed by atoms with Gasteiger partial charge in [0.25, 0.3) is 0 Å². The van der Waals surface area contributed by atoms with Crippen LogP contribution >= 0.6 is 34.8 Å². The lowest BCUT2D eigenvalue weighted by Crippen LogP contribution is -1.94. The second kappa shape index (κ2) is 21.0. The van der Waals surface area contributed by atoms with Gasteiger partial charge in [-0.3, -0.25) is 0 Å². The van der Waals surface area contributed by atoms with Crippen LogP contribution in [0, 0.1) is 46.7 Å². The average molecular weight is 823 g/mol. The highest BCUT2D eigenvalue weighted by Crippen LogP contribution is 2.40. The number of methoxy groups -OCH3 is 2. The zero-order valence-corrected chi connectivity index (χ0v) is 33.7. The Bertz CT molecular complexity index is 2460. The van der Waals surface area contributed by atoms with Crippen molar-refractivity contribution in [3.8, 4) is 64.2 Å². The minimum atomic E-state index is -0.324. The molecule has 0 atom stereocenters. The first kappa shape index (κ1) is 43.3. The van der Waals surface area contributed by atoms with Crippen LogP contribution in [0.2, 0.25) is 15.1 Å². The average Bonchev–Trinajstić information content (AvgIpc) is 3.20. The Balaban J connectivity index is 0.000000190. The molecule has 6 rings (SSSR count). The molecule has 57 heavy (non-hydrogen) atoms. The molecular weight excluding hydrogens is 788 g/mol. The van der Waals surface area contributed by atoms with Crippen LogP contribution < -0.4 is 23.7 Å². The summed E-state index contributed by atoms with van der Waals surface area (Å²) < 4.78 is 40.2. The van der Waals surface area contributed by atoms with E-state index in [9.17, 15) is 4.39 Å².